The highest BCUT2D eigenvalue weighted by atomic mass is 79.9. The minimum absolute atomic E-state index is 0.0687. The van der Waals surface area contributed by atoms with Crippen LogP contribution in [0.2, 0.25) is 0 Å². The number of carbonyl (C=O) groups excluding carboxylic acids is 1. The van der Waals surface area contributed by atoms with E-state index in [-0.39, 0.29) is 16.8 Å². The van der Waals surface area contributed by atoms with Crippen LogP contribution in [0, 0.1) is 5.92 Å². The van der Waals surface area contributed by atoms with Crippen molar-refractivity contribution in [1.29, 1.82) is 0 Å². The second-order valence-electron chi connectivity index (χ2n) is 4.38. The lowest BCUT2D eigenvalue weighted by atomic mass is 10.1. The molecular formula is C11H20BrNO2. The molecule has 0 aromatic rings. The zero-order valence-corrected chi connectivity index (χ0v) is 11.0. The van der Waals surface area contributed by atoms with Crippen LogP contribution in [0.5, 0.6) is 0 Å². The Hall–Kier alpha value is -0.0900. The standard InChI is InChI=1S/C11H20BrNO2/c1-8(2)10(12)11(14)13-7-9-5-3-4-6-15-9/h8-10H,3-7H2,1-2H3,(H,13,14). The Bertz CT molecular complexity index is 203. The van der Waals surface area contributed by atoms with Crippen LogP contribution < -0.4 is 5.32 Å². The summed E-state index contributed by atoms with van der Waals surface area (Å²) < 4.78 is 5.54. The van der Waals surface area contributed by atoms with Gasteiger partial charge in [-0.25, -0.2) is 0 Å². The Morgan fingerprint density at radius 2 is 2.27 bits per heavy atom. The van der Waals surface area contributed by atoms with Gasteiger partial charge < -0.3 is 10.1 Å². The molecule has 1 fully saturated rings. The molecule has 0 aromatic carbocycles. The first-order valence-corrected chi connectivity index (χ1v) is 6.56. The van der Waals surface area contributed by atoms with Crippen molar-refractivity contribution in [2.45, 2.75) is 44.0 Å². The summed E-state index contributed by atoms with van der Waals surface area (Å²) in [5.74, 6) is 0.386. The van der Waals surface area contributed by atoms with Crippen LogP contribution in [0.3, 0.4) is 0 Å². The van der Waals surface area contributed by atoms with Gasteiger partial charge in [-0.15, -0.1) is 0 Å². The van der Waals surface area contributed by atoms with E-state index in [4.69, 9.17) is 4.74 Å². The molecule has 1 aliphatic heterocycles. The molecule has 1 saturated heterocycles. The number of alkyl halides is 1. The minimum atomic E-state index is -0.0962. The van der Waals surface area contributed by atoms with Gasteiger partial charge in [0.25, 0.3) is 0 Å². The Labute approximate surface area is 100 Å². The van der Waals surface area contributed by atoms with Gasteiger partial charge in [0.2, 0.25) is 5.91 Å². The third-order valence-electron chi connectivity index (χ3n) is 2.61. The molecule has 1 aliphatic rings. The maximum absolute atomic E-state index is 11.6. The SMILES string of the molecule is CC(C)C(Br)C(=O)NCC1CCCCO1. The summed E-state index contributed by atoms with van der Waals surface area (Å²) in [4.78, 5) is 11.5. The van der Waals surface area contributed by atoms with Crippen LogP contribution in [0.15, 0.2) is 0 Å². The molecule has 2 unspecified atom stereocenters. The smallest absolute Gasteiger partial charge is 0.234 e. The summed E-state index contributed by atoms with van der Waals surface area (Å²) >= 11 is 3.38. The van der Waals surface area contributed by atoms with Gasteiger partial charge in [-0.3, -0.25) is 4.79 Å². The van der Waals surface area contributed by atoms with Gasteiger partial charge in [-0.05, 0) is 25.2 Å². The van der Waals surface area contributed by atoms with Gasteiger partial charge in [0, 0.05) is 13.2 Å². The van der Waals surface area contributed by atoms with Crippen molar-refractivity contribution < 1.29 is 9.53 Å². The highest BCUT2D eigenvalue weighted by Gasteiger charge is 2.20. The van der Waals surface area contributed by atoms with Crippen molar-refractivity contribution in [1.82, 2.24) is 5.32 Å². The van der Waals surface area contributed by atoms with E-state index in [1.54, 1.807) is 0 Å². The van der Waals surface area contributed by atoms with Crippen LogP contribution in [-0.4, -0.2) is 30.0 Å². The van der Waals surface area contributed by atoms with Crippen LogP contribution in [-0.2, 0) is 9.53 Å². The Morgan fingerprint density at radius 1 is 1.53 bits per heavy atom. The Kier molecular flexibility index (Phi) is 5.61. The zero-order valence-electron chi connectivity index (χ0n) is 9.46. The third kappa shape index (κ3) is 4.51. The topological polar surface area (TPSA) is 38.3 Å². The molecule has 0 radical (unpaired) electrons. The second kappa shape index (κ2) is 6.48. The van der Waals surface area contributed by atoms with Crippen molar-refractivity contribution >= 4 is 21.8 Å². The highest BCUT2D eigenvalue weighted by molar-refractivity contribution is 9.10. The van der Waals surface area contributed by atoms with Gasteiger partial charge >= 0.3 is 0 Å². The first-order chi connectivity index (χ1) is 7.11. The molecule has 1 heterocycles. The number of carbonyl (C=O) groups is 1. The average Bonchev–Trinajstić information content (AvgIpc) is 2.26. The molecule has 0 aromatic heterocycles. The van der Waals surface area contributed by atoms with E-state index in [9.17, 15) is 4.79 Å². The molecule has 1 N–H and O–H groups in total. The molecule has 2 atom stereocenters. The first-order valence-electron chi connectivity index (χ1n) is 5.64. The quantitative estimate of drug-likeness (QED) is 0.800. The number of halogens is 1. The maximum Gasteiger partial charge on any atom is 0.234 e. The van der Waals surface area contributed by atoms with E-state index in [1.165, 1.54) is 6.42 Å². The number of hydrogen-bond acceptors (Lipinski definition) is 2. The molecule has 0 aliphatic carbocycles. The van der Waals surface area contributed by atoms with Gasteiger partial charge in [0.15, 0.2) is 0 Å². The van der Waals surface area contributed by atoms with Crippen LogP contribution in [0.4, 0.5) is 0 Å². The van der Waals surface area contributed by atoms with Crippen molar-refractivity contribution in [3.05, 3.63) is 0 Å². The highest BCUT2D eigenvalue weighted by Crippen LogP contribution is 2.14. The van der Waals surface area contributed by atoms with Crippen molar-refractivity contribution in [2.24, 2.45) is 5.92 Å². The summed E-state index contributed by atoms with van der Waals surface area (Å²) in [5.41, 5.74) is 0. The molecule has 0 spiro atoms. The van der Waals surface area contributed by atoms with E-state index in [0.717, 1.165) is 19.4 Å². The van der Waals surface area contributed by atoms with Crippen LogP contribution in [0.25, 0.3) is 0 Å². The van der Waals surface area contributed by atoms with Gasteiger partial charge in [0.05, 0.1) is 10.9 Å². The molecule has 0 bridgehead atoms. The summed E-state index contributed by atoms with van der Waals surface area (Å²) in [5, 5.41) is 2.92. The van der Waals surface area contributed by atoms with Crippen molar-refractivity contribution in [3.63, 3.8) is 0 Å². The van der Waals surface area contributed by atoms with Crippen LogP contribution in [0.1, 0.15) is 33.1 Å². The van der Waals surface area contributed by atoms with Crippen molar-refractivity contribution in [2.75, 3.05) is 13.2 Å². The third-order valence-corrected chi connectivity index (χ3v) is 4.09. The molecule has 4 heteroatoms. The molecule has 1 amide bonds. The number of ether oxygens (including phenoxy) is 1. The fourth-order valence-corrected chi connectivity index (χ4v) is 1.74. The molecule has 0 saturated carbocycles. The van der Waals surface area contributed by atoms with E-state index < -0.39 is 0 Å². The molecular weight excluding hydrogens is 258 g/mol. The first kappa shape index (κ1) is 13.0. The second-order valence-corrected chi connectivity index (χ2v) is 5.37. The zero-order chi connectivity index (χ0) is 11.3. The summed E-state index contributed by atoms with van der Waals surface area (Å²) in [6.07, 6.45) is 3.64. The van der Waals surface area contributed by atoms with Crippen molar-refractivity contribution in [3.8, 4) is 0 Å². The van der Waals surface area contributed by atoms with Gasteiger partial charge in [-0.1, -0.05) is 29.8 Å². The summed E-state index contributed by atoms with van der Waals surface area (Å²) in [6, 6.07) is 0. The Morgan fingerprint density at radius 3 is 2.80 bits per heavy atom. The lowest BCUT2D eigenvalue weighted by molar-refractivity contribution is -0.122. The van der Waals surface area contributed by atoms with E-state index >= 15 is 0 Å². The van der Waals surface area contributed by atoms with Gasteiger partial charge in [0.1, 0.15) is 0 Å². The lowest BCUT2D eigenvalue weighted by Gasteiger charge is -2.23. The number of rotatable bonds is 4. The largest absolute Gasteiger partial charge is 0.376 e. The number of amides is 1. The summed E-state index contributed by atoms with van der Waals surface area (Å²) in [7, 11) is 0. The van der Waals surface area contributed by atoms with E-state index in [0.29, 0.717) is 12.5 Å². The van der Waals surface area contributed by atoms with Crippen LogP contribution >= 0.6 is 15.9 Å². The predicted molar refractivity (Wildman–Crippen MR) is 64.2 cm³/mol. The summed E-state index contributed by atoms with van der Waals surface area (Å²) in [6.45, 7) is 5.53. The molecule has 88 valence electrons. The average molecular weight is 278 g/mol. The lowest BCUT2D eigenvalue weighted by Crippen LogP contribution is -2.40. The van der Waals surface area contributed by atoms with E-state index in [2.05, 4.69) is 21.2 Å². The molecule has 3 nitrogen and oxygen atoms in total. The minimum Gasteiger partial charge on any atom is -0.376 e. The maximum atomic E-state index is 11.6. The van der Waals surface area contributed by atoms with E-state index in [1.807, 2.05) is 13.8 Å². The Balaban J connectivity index is 2.20. The fraction of sp³-hybridized carbons (Fsp3) is 0.909. The number of hydrogen-bond donors (Lipinski definition) is 1. The molecule has 1 rings (SSSR count). The fourth-order valence-electron chi connectivity index (χ4n) is 1.58. The normalized spacial score (nSPS) is 23.9. The monoisotopic (exact) mass is 277 g/mol. The predicted octanol–water partition coefficient (Wildman–Crippen LogP) is 2.09. The number of nitrogens with one attached hydrogen (secondary N) is 1. The van der Waals surface area contributed by atoms with Gasteiger partial charge in [-0.2, -0.15) is 0 Å². The molecule has 15 heavy (non-hydrogen) atoms.